The van der Waals surface area contributed by atoms with Gasteiger partial charge in [-0.05, 0) is 32.1 Å². The largest absolute Gasteiger partial charge is 0.507 e. The molecule has 1 heterocycles. The van der Waals surface area contributed by atoms with E-state index >= 15 is 0 Å². The third-order valence-electron chi connectivity index (χ3n) is 2.31. The summed E-state index contributed by atoms with van der Waals surface area (Å²) in [6, 6.07) is 7.29. The van der Waals surface area contributed by atoms with E-state index in [9.17, 15) is 5.11 Å². The predicted molar refractivity (Wildman–Crippen MR) is 66.8 cm³/mol. The normalized spacial score (nSPS) is 10.6. The first-order chi connectivity index (χ1) is 7.81. The molecule has 1 aromatic carbocycles. The molecule has 16 heavy (non-hydrogen) atoms. The molecule has 0 radical (unpaired) electrons. The number of aromatic nitrogens is 1. The van der Waals surface area contributed by atoms with Crippen molar-refractivity contribution in [1.82, 2.24) is 10.3 Å². The second kappa shape index (κ2) is 5.09. The Balaban J connectivity index is 2.22. The van der Waals surface area contributed by atoms with E-state index in [1.165, 1.54) is 4.88 Å². The molecule has 84 valence electrons. The molecule has 0 aliphatic carbocycles. The molecule has 1 aromatic heterocycles. The molecular weight excluding hydrogens is 220 g/mol. The Labute approximate surface area is 98.8 Å². The lowest BCUT2D eigenvalue weighted by Gasteiger charge is -1.98. The maximum atomic E-state index is 9.70. The van der Waals surface area contributed by atoms with E-state index in [0.29, 0.717) is 0 Å². The number of thiazole rings is 1. The van der Waals surface area contributed by atoms with Crippen LogP contribution in [0.4, 0.5) is 0 Å². The van der Waals surface area contributed by atoms with Crippen LogP contribution in [0.25, 0.3) is 10.6 Å². The number of hydrogen-bond donors (Lipinski definition) is 2. The molecule has 0 fully saturated rings. The fourth-order valence-electron chi connectivity index (χ4n) is 1.45. The van der Waals surface area contributed by atoms with Crippen molar-refractivity contribution >= 4 is 11.3 Å². The topological polar surface area (TPSA) is 45.2 Å². The van der Waals surface area contributed by atoms with Gasteiger partial charge in [0.2, 0.25) is 0 Å². The number of phenolic OH excluding ortho intramolecular Hbond substituents is 1. The van der Waals surface area contributed by atoms with Crippen LogP contribution >= 0.6 is 11.3 Å². The average Bonchev–Trinajstić information content (AvgIpc) is 2.75. The van der Waals surface area contributed by atoms with Crippen LogP contribution in [0, 0.1) is 0 Å². The zero-order valence-corrected chi connectivity index (χ0v) is 9.92. The zero-order valence-electron chi connectivity index (χ0n) is 9.10. The molecule has 0 unspecified atom stereocenters. The Hall–Kier alpha value is -1.39. The van der Waals surface area contributed by atoms with E-state index in [2.05, 4.69) is 10.3 Å². The molecule has 3 nitrogen and oxygen atoms in total. The molecule has 0 bridgehead atoms. The molecule has 2 aromatic rings. The van der Waals surface area contributed by atoms with Crippen LogP contribution in [0.1, 0.15) is 4.88 Å². The molecule has 0 aliphatic heterocycles. The Morgan fingerprint density at radius 1 is 1.38 bits per heavy atom. The Morgan fingerprint density at radius 2 is 2.19 bits per heavy atom. The van der Waals surface area contributed by atoms with Crippen molar-refractivity contribution in [2.75, 3.05) is 13.6 Å². The highest BCUT2D eigenvalue weighted by molar-refractivity contribution is 7.15. The number of nitrogens with zero attached hydrogens (tertiary/aromatic N) is 1. The number of aromatic hydroxyl groups is 1. The molecule has 2 N–H and O–H groups in total. The Bertz CT molecular complexity index is 468. The standard InChI is InChI=1S/C12H14N2OS/c1-13-7-6-9-8-14-12(16-9)10-4-2-3-5-11(10)15/h2-5,8,13,15H,6-7H2,1H3. The SMILES string of the molecule is CNCCc1cnc(-c2ccccc2O)s1. The maximum absolute atomic E-state index is 9.70. The summed E-state index contributed by atoms with van der Waals surface area (Å²) in [6.07, 6.45) is 2.85. The van der Waals surface area contributed by atoms with Gasteiger partial charge >= 0.3 is 0 Å². The second-order valence-corrected chi connectivity index (χ2v) is 4.62. The Kier molecular flexibility index (Phi) is 3.54. The van der Waals surface area contributed by atoms with Crippen LogP contribution in [-0.4, -0.2) is 23.7 Å². The van der Waals surface area contributed by atoms with Crippen molar-refractivity contribution < 1.29 is 5.11 Å². The first kappa shape index (κ1) is 11.1. The summed E-state index contributed by atoms with van der Waals surface area (Å²) in [7, 11) is 1.94. The Morgan fingerprint density at radius 3 is 2.94 bits per heavy atom. The number of hydrogen-bond acceptors (Lipinski definition) is 4. The summed E-state index contributed by atoms with van der Waals surface area (Å²) in [4.78, 5) is 5.56. The van der Waals surface area contributed by atoms with E-state index in [-0.39, 0.29) is 5.75 Å². The van der Waals surface area contributed by atoms with Crippen LogP contribution in [0.15, 0.2) is 30.5 Å². The number of likely N-dealkylation sites (N-methyl/N-ethyl adjacent to an activating group) is 1. The number of nitrogens with one attached hydrogen (secondary N) is 1. The predicted octanol–water partition coefficient (Wildman–Crippen LogP) is 2.28. The molecule has 0 amide bonds. The summed E-state index contributed by atoms with van der Waals surface area (Å²) in [5.74, 6) is 0.289. The molecular formula is C12H14N2OS. The highest BCUT2D eigenvalue weighted by atomic mass is 32.1. The van der Waals surface area contributed by atoms with Crippen molar-refractivity contribution in [3.63, 3.8) is 0 Å². The molecule has 2 rings (SSSR count). The molecule has 0 spiro atoms. The maximum Gasteiger partial charge on any atom is 0.127 e. The van der Waals surface area contributed by atoms with E-state index in [4.69, 9.17) is 0 Å². The van der Waals surface area contributed by atoms with E-state index in [1.807, 2.05) is 31.4 Å². The molecule has 4 heteroatoms. The number of phenols is 1. The van der Waals surface area contributed by atoms with Gasteiger partial charge in [-0.2, -0.15) is 0 Å². The molecule has 0 atom stereocenters. The molecule has 0 saturated heterocycles. The van der Waals surface area contributed by atoms with E-state index in [1.54, 1.807) is 17.4 Å². The first-order valence-electron chi connectivity index (χ1n) is 5.19. The lowest BCUT2D eigenvalue weighted by molar-refractivity contribution is 0.477. The first-order valence-corrected chi connectivity index (χ1v) is 6.00. The molecule has 0 aliphatic rings. The van der Waals surface area contributed by atoms with Gasteiger partial charge in [-0.3, -0.25) is 0 Å². The molecule has 0 saturated carbocycles. The van der Waals surface area contributed by atoms with Crippen LogP contribution in [0.3, 0.4) is 0 Å². The van der Waals surface area contributed by atoms with Gasteiger partial charge in [0.25, 0.3) is 0 Å². The lowest BCUT2D eigenvalue weighted by Crippen LogP contribution is -2.09. The van der Waals surface area contributed by atoms with Crippen molar-refractivity contribution in [2.45, 2.75) is 6.42 Å². The average molecular weight is 234 g/mol. The van der Waals surface area contributed by atoms with Gasteiger partial charge < -0.3 is 10.4 Å². The van der Waals surface area contributed by atoms with Crippen LogP contribution < -0.4 is 5.32 Å². The summed E-state index contributed by atoms with van der Waals surface area (Å²) < 4.78 is 0. The summed E-state index contributed by atoms with van der Waals surface area (Å²) in [6.45, 7) is 0.947. The summed E-state index contributed by atoms with van der Waals surface area (Å²) in [5, 5.41) is 13.7. The van der Waals surface area contributed by atoms with Gasteiger partial charge in [-0.1, -0.05) is 12.1 Å². The van der Waals surface area contributed by atoms with Crippen molar-refractivity contribution in [3.05, 3.63) is 35.3 Å². The van der Waals surface area contributed by atoms with Crippen molar-refractivity contribution in [2.24, 2.45) is 0 Å². The summed E-state index contributed by atoms with van der Waals surface area (Å²) in [5.41, 5.74) is 0.809. The van der Waals surface area contributed by atoms with Crippen LogP contribution in [0.5, 0.6) is 5.75 Å². The summed E-state index contributed by atoms with van der Waals surface area (Å²) >= 11 is 1.63. The second-order valence-electron chi connectivity index (χ2n) is 3.50. The van der Waals surface area contributed by atoms with Crippen LogP contribution in [0.2, 0.25) is 0 Å². The number of para-hydroxylation sites is 1. The van der Waals surface area contributed by atoms with Gasteiger partial charge in [0.15, 0.2) is 0 Å². The van der Waals surface area contributed by atoms with Crippen LogP contribution in [-0.2, 0) is 6.42 Å². The smallest absolute Gasteiger partial charge is 0.127 e. The third-order valence-corrected chi connectivity index (χ3v) is 3.40. The fraction of sp³-hybridized carbons (Fsp3) is 0.250. The van der Waals surface area contributed by atoms with Gasteiger partial charge in [-0.15, -0.1) is 11.3 Å². The number of rotatable bonds is 4. The van der Waals surface area contributed by atoms with Crippen molar-refractivity contribution in [1.29, 1.82) is 0 Å². The highest BCUT2D eigenvalue weighted by Gasteiger charge is 2.07. The van der Waals surface area contributed by atoms with Gasteiger partial charge in [0.1, 0.15) is 10.8 Å². The minimum Gasteiger partial charge on any atom is -0.507 e. The highest BCUT2D eigenvalue weighted by Crippen LogP contribution is 2.31. The minimum absolute atomic E-state index is 0.289. The van der Waals surface area contributed by atoms with E-state index in [0.717, 1.165) is 23.5 Å². The van der Waals surface area contributed by atoms with E-state index < -0.39 is 0 Å². The monoisotopic (exact) mass is 234 g/mol. The quantitative estimate of drug-likeness (QED) is 0.853. The van der Waals surface area contributed by atoms with Gasteiger partial charge in [-0.25, -0.2) is 4.98 Å². The number of benzene rings is 1. The third kappa shape index (κ3) is 2.40. The fourth-order valence-corrected chi connectivity index (χ4v) is 2.40. The zero-order chi connectivity index (χ0) is 11.4. The minimum atomic E-state index is 0.289. The van der Waals surface area contributed by atoms with Gasteiger partial charge in [0.05, 0.1) is 5.56 Å². The van der Waals surface area contributed by atoms with Gasteiger partial charge in [0, 0.05) is 11.1 Å². The lowest BCUT2D eigenvalue weighted by atomic mass is 10.2. The van der Waals surface area contributed by atoms with Crippen molar-refractivity contribution in [3.8, 4) is 16.3 Å².